The summed E-state index contributed by atoms with van der Waals surface area (Å²) in [5.41, 5.74) is 6.24. The number of hydrogen-bond acceptors (Lipinski definition) is 3. The molecule has 0 aliphatic heterocycles. The molecule has 0 saturated heterocycles. The van der Waals surface area contributed by atoms with Crippen molar-refractivity contribution in [2.24, 2.45) is 0 Å². The van der Waals surface area contributed by atoms with E-state index in [1.165, 1.54) is 19.1 Å². The highest BCUT2D eigenvalue weighted by Gasteiger charge is 2.09. The summed E-state index contributed by atoms with van der Waals surface area (Å²) in [7, 11) is 0. The number of hydrogen-bond donors (Lipinski definition) is 3. The molecule has 0 unspecified atom stereocenters. The summed E-state index contributed by atoms with van der Waals surface area (Å²) in [5.74, 6) is -1.69. The first-order valence-electron chi connectivity index (χ1n) is 4.67. The molecule has 0 fully saturated rings. The van der Waals surface area contributed by atoms with E-state index in [1.807, 2.05) is 0 Å². The van der Waals surface area contributed by atoms with E-state index < -0.39 is 11.9 Å². The van der Waals surface area contributed by atoms with Crippen LogP contribution in [0.25, 0.3) is 6.08 Å². The lowest BCUT2D eigenvalue weighted by Crippen LogP contribution is -2.24. The third-order valence-corrected chi connectivity index (χ3v) is 2.20. The molecule has 0 saturated carbocycles. The third-order valence-electron chi connectivity index (χ3n) is 1.88. The molecule has 0 aliphatic rings. The van der Waals surface area contributed by atoms with Gasteiger partial charge in [-0.1, -0.05) is 17.7 Å². The number of anilines is 1. The summed E-state index contributed by atoms with van der Waals surface area (Å²) in [6.07, 6.45) is 1.30. The van der Waals surface area contributed by atoms with E-state index in [4.69, 9.17) is 22.4 Å². The minimum absolute atomic E-state index is 0.224. The maximum Gasteiger partial charge on any atom is 0.352 e. The fraction of sp³-hybridized carbons (Fsp3) is 0.0909. The van der Waals surface area contributed by atoms with Crippen LogP contribution in [0.2, 0.25) is 5.02 Å². The van der Waals surface area contributed by atoms with Gasteiger partial charge in [0.1, 0.15) is 5.70 Å². The number of halogens is 1. The molecule has 5 nitrogen and oxygen atoms in total. The molecule has 1 rings (SSSR count). The SMILES string of the molecule is CC(=O)NC(=Cc1ccc(N)c(Cl)c1)C(=O)O. The average molecular weight is 255 g/mol. The number of benzene rings is 1. The van der Waals surface area contributed by atoms with E-state index in [2.05, 4.69) is 5.32 Å². The molecular weight excluding hydrogens is 244 g/mol. The van der Waals surface area contributed by atoms with E-state index in [9.17, 15) is 9.59 Å². The Hall–Kier alpha value is -2.01. The Morgan fingerprint density at radius 1 is 1.47 bits per heavy atom. The normalized spacial score (nSPS) is 11.1. The van der Waals surface area contributed by atoms with Crippen LogP contribution in [-0.4, -0.2) is 17.0 Å². The van der Waals surface area contributed by atoms with E-state index in [1.54, 1.807) is 12.1 Å². The minimum Gasteiger partial charge on any atom is -0.477 e. The number of carbonyl (C=O) groups is 2. The number of nitrogens with two attached hydrogens (primary N) is 1. The van der Waals surface area contributed by atoms with Gasteiger partial charge in [0.2, 0.25) is 5.91 Å². The van der Waals surface area contributed by atoms with Gasteiger partial charge in [-0.15, -0.1) is 0 Å². The number of rotatable bonds is 3. The van der Waals surface area contributed by atoms with Crippen LogP contribution in [0.1, 0.15) is 12.5 Å². The molecule has 0 atom stereocenters. The Morgan fingerprint density at radius 2 is 2.12 bits per heavy atom. The number of carboxylic acid groups (broad SMARTS) is 1. The summed E-state index contributed by atoms with van der Waals surface area (Å²) < 4.78 is 0. The van der Waals surface area contributed by atoms with Gasteiger partial charge in [0.05, 0.1) is 10.7 Å². The molecule has 1 aromatic rings. The standard InChI is InChI=1S/C11H11ClN2O3/c1-6(15)14-10(11(16)17)5-7-2-3-9(13)8(12)4-7/h2-5H,13H2,1H3,(H,14,15)(H,16,17). The molecule has 6 heteroatoms. The van der Waals surface area contributed by atoms with Crippen molar-refractivity contribution in [3.05, 3.63) is 34.5 Å². The monoisotopic (exact) mass is 254 g/mol. The van der Waals surface area contributed by atoms with Crippen LogP contribution < -0.4 is 11.1 Å². The highest BCUT2D eigenvalue weighted by Crippen LogP contribution is 2.20. The molecule has 17 heavy (non-hydrogen) atoms. The second-order valence-corrected chi connectivity index (χ2v) is 3.73. The van der Waals surface area contributed by atoms with Gasteiger partial charge in [-0.3, -0.25) is 4.79 Å². The molecule has 4 N–H and O–H groups in total. The summed E-state index contributed by atoms with van der Waals surface area (Å²) in [5, 5.41) is 11.4. The van der Waals surface area contributed by atoms with Crippen LogP contribution in [0, 0.1) is 0 Å². The maximum absolute atomic E-state index is 10.9. The van der Waals surface area contributed by atoms with Crippen molar-refractivity contribution in [3.8, 4) is 0 Å². The predicted molar refractivity (Wildman–Crippen MR) is 65.3 cm³/mol. The van der Waals surface area contributed by atoms with Crippen molar-refractivity contribution in [2.75, 3.05) is 5.73 Å². The first kappa shape index (κ1) is 13.1. The van der Waals surface area contributed by atoms with Gasteiger partial charge in [-0.25, -0.2) is 4.79 Å². The molecule has 1 amide bonds. The Kier molecular flexibility index (Phi) is 4.12. The largest absolute Gasteiger partial charge is 0.477 e. The Labute approximate surface area is 103 Å². The lowest BCUT2D eigenvalue weighted by atomic mass is 10.1. The first-order valence-corrected chi connectivity index (χ1v) is 5.05. The van der Waals surface area contributed by atoms with E-state index in [0.29, 0.717) is 16.3 Å². The molecule has 0 aliphatic carbocycles. The Balaban J connectivity index is 3.08. The average Bonchev–Trinajstić information content (AvgIpc) is 2.21. The molecule has 0 aromatic heterocycles. The summed E-state index contributed by atoms with van der Waals surface area (Å²) in [4.78, 5) is 21.7. The summed E-state index contributed by atoms with van der Waals surface area (Å²) in [6.45, 7) is 1.23. The van der Waals surface area contributed by atoms with Crippen molar-refractivity contribution in [2.45, 2.75) is 6.92 Å². The fourth-order valence-electron chi connectivity index (χ4n) is 1.14. The number of amides is 1. The van der Waals surface area contributed by atoms with Gasteiger partial charge in [-0.05, 0) is 23.8 Å². The second-order valence-electron chi connectivity index (χ2n) is 3.33. The zero-order chi connectivity index (χ0) is 13.0. The highest BCUT2D eigenvalue weighted by atomic mass is 35.5. The minimum atomic E-state index is -1.23. The molecule has 90 valence electrons. The van der Waals surface area contributed by atoms with Crippen LogP contribution in [-0.2, 0) is 9.59 Å². The molecule has 0 bridgehead atoms. The van der Waals surface area contributed by atoms with Crippen LogP contribution >= 0.6 is 11.6 Å². The topological polar surface area (TPSA) is 92.4 Å². The van der Waals surface area contributed by atoms with E-state index in [-0.39, 0.29) is 5.70 Å². The number of carboxylic acids is 1. The first-order chi connectivity index (χ1) is 7.90. The number of carbonyl (C=O) groups excluding carboxylic acids is 1. The second kappa shape index (κ2) is 5.36. The number of aliphatic carboxylic acids is 1. The highest BCUT2D eigenvalue weighted by molar-refractivity contribution is 6.33. The zero-order valence-electron chi connectivity index (χ0n) is 9.03. The molecule has 0 heterocycles. The van der Waals surface area contributed by atoms with E-state index >= 15 is 0 Å². The zero-order valence-corrected chi connectivity index (χ0v) is 9.78. The summed E-state index contributed by atoms with van der Waals surface area (Å²) >= 11 is 5.79. The smallest absolute Gasteiger partial charge is 0.352 e. The van der Waals surface area contributed by atoms with Crippen molar-refractivity contribution in [1.29, 1.82) is 0 Å². The molecule has 1 aromatic carbocycles. The van der Waals surface area contributed by atoms with Crippen molar-refractivity contribution < 1.29 is 14.7 Å². The Bertz CT molecular complexity index is 497. The molecule has 0 radical (unpaired) electrons. The van der Waals surface area contributed by atoms with Gasteiger partial charge in [0.15, 0.2) is 0 Å². The fourth-order valence-corrected chi connectivity index (χ4v) is 1.33. The van der Waals surface area contributed by atoms with Gasteiger partial charge < -0.3 is 16.2 Å². The van der Waals surface area contributed by atoms with E-state index in [0.717, 1.165) is 0 Å². The molecular formula is C11H11ClN2O3. The predicted octanol–water partition coefficient (Wildman–Crippen LogP) is 1.48. The lowest BCUT2D eigenvalue weighted by Gasteiger charge is -2.04. The quantitative estimate of drug-likeness (QED) is 0.563. The van der Waals surface area contributed by atoms with Crippen LogP contribution in [0.4, 0.5) is 5.69 Å². The third kappa shape index (κ3) is 3.81. The van der Waals surface area contributed by atoms with Gasteiger partial charge in [0.25, 0.3) is 0 Å². The number of nitrogens with one attached hydrogen (secondary N) is 1. The van der Waals surface area contributed by atoms with Crippen molar-refractivity contribution in [3.63, 3.8) is 0 Å². The molecule has 0 spiro atoms. The van der Waals surface area contributed by atoms with Crippen LogP contribution in [0.15, 0.2) is 23.9 Å². The number of nitrogen functional groups attached to an aromatic ring is 1. The Morgan fingerprint density at radius 3 is 2.59 bits per heavy atom. The lowest BCUT2D eigenvalue weighted by molar-refractivity contribution is -0.134. The van der Waals surface area contributed by atoms with Crippen LogP contribution in [0.3, 0.4) is 0 Å². The van der Waals surface area contributed by atoms with Gasteiger partial charge in [0, 0.05) is 6.92 Å². The summed E-state index contributed by atoms with van der Waals surface area (Å²) in [6, 6.07) is 4.68. The van der Waals surface area contributed by atoms with Gasteiger partial charge in [-0.2, -0.15) is 0 Å². The van der Waals surface area contributed by atoms with Crippen molar-refractivity contribution in [1.82, 2.24) is 5.32 Å². The van der Waals surface area contributed by atoms with Gasteiger partial charge >= 0.3 is 5.97 Å². The maximum atomic E-state index is 10.9. The van der Waals surface area contributed by atoms with Crippen molar-refractivity contribution >= 4 is 35.2 Å². The van der Waals surface area contributed by atoms with Crippen LogP contribution in [0.5, 0.6) is 0 Å².